The number of nitrogens with zero attached hydrogens (tertiary/aromatic N) is 2. The smallest absolute Gasteiger partial charge is 0.311 e. The third-order valence-corrected chi connectivity index (χ3v) is 7.69. The van der Waals surface area contributed by atoms with E-state index < -0.39 is 5.92 Å². The second-order valence-corrected chi connectivity index (χ2v) is 10.2. The van der Waals surface area contributed by atoms with Crippen molar-refractivity contribution in [3.8, 4) is 17.2 Å². The first-order valence-corrected chi connectivity index (χ1v) is 14.2. The molecule has 8 nitrogen and oxygen atoms in total. The average Bonchev–Trinajstić information content (AvgIpc) is 3.57. The zero-order chi connectivity index (χ0) is 27.8. The van der Waals surface area contributed by atoms with Crippen LogP contribution in [0.25, 0.3) is 0 Å². The van der Waals surface area contributed by atoms with Gasteiger partial charge in [0.1, 0.15) is 5.75 Å². The van der Waals surface area contributed by atoms with Gasteiger partial charge in [-0.1, -0.05) is 44.9 Å². The number of ether oxygens (including phenoxy) is 4. The lowest BCUT2D eigenvalue weighted by molar-refractivity contribution is -0.150. The highest BCUT2D eigenvalue weighted by atomic mass is 16.7. The number of likely N-dealkylation sites (tertiary alicyclic amines) is 1. The molecular weight excluding hydrogens is 496 g/mol. The van der Waals surface area contributed by atoms with Crippen LogP contribution in [0, 0.1) is 5.92 Å². The predicted molar refractivity (Wildman–Crippen MR) is 149 cm³/mol. The maximum atomic E-state index is 13.7. The Morgan fingerprint density at radius 3 is 2.26 bits per heavy atom. The molecule has 3 atom stereocenters. The number of carbonyl (C=O) groups is 2. The van der Waals surface area contributed by atoms with Gasteiger partial charge in [0.15, 0.2) is 11.5 Å². The van der Waals surface area contributed by atoms with Crippen LogP contribution in [0.15, 0.2) is 42.5 Å². The first-order chi connectivity index (χ1) is 19.0. The standard InChI is InChI=1S/C31H42N2O6/c1-5-8-16-32(17-9-6-2)28(34)20-33-19-25(23-12-15-26-27(18-23)39-21-38-26)29(31(35)37-7-3)30(33)22-10-13-24(36-4)14-11-22/h10-15,18,25,29-30H,5-9,16-17,19-21H2,1-4H3/t25-,29-,30+/m1/s1. The van der Waals surface area contributed by atoms with E-state index in [-0.39, 0.29) is 37.2 Å². The van der Waals surface area contributed by atoms with Crippen LogP contribution in [0.5, 0.6) is 17.2 Å². The number of carbonyl (C=O) groups excluding carboxylic acids is 2. The lowest BCUT2D eigenvalue weighted by Crippen LogP contribution is -2.42. The summed E-state index contributed by atoms with van der Waals surface area (Å²) >= 11 is 0. The Bertz CT molecular complexity index is 1100. The zero-order valence-corrected chi connectivity index (χ0v) is 23.7. The molecule has 212 valence electrons. The molecule has 1 saturated heterocycles. The van der Waals surface area contributed by atoms with Crippen molar-refractivity contribution in [2.24, 2.45) is 5.92 Å². The fraction of sp³-hybridized carbons (Fsp3) is 0.548. The molecule has 39 heavy (non-hydrogen) atoms. The summed E-state index contributed by atoms with van der Waals surface area (Å²) in [5.41, 5.74) is 1.93. The molecule has 1 fully saturated rings. The highest BCUT2D eigenvalue weighted by Gasteiger charge is 2.49. The van der Waals surface area contributed by atoms with Crippen LogP contribution in [-0.2, 0) is 14.3 Å². The fourth-order valence-electron chi connectivity index (χ4n) is 5.63. The summed E-state index contributed by atoms with van der Waals surface area (Å²) in [5, 5.41) is 0. The summed E-state index contributed by atoms with van der Waals surface area (Å²) in [6.07, 6.45) is 4.02. The molecule has 0 radical (unpaired) electrons. The minimum Gasteiger partial charge on any atom is -0.497 e. The topological polar surface area (TPSA) is 77.5 Å². The highest BCUT2D eigenvalue weighted by molar-refractivity contribution is 5.80. The van der Waals surface area contributed by atoms with E-state index in [1.165, 1.54) is 0 Å². The van der Waals surface area contributed by atoms with Gasteiger partial charge in [0.2, 0.25) is 12.7 Å². The number of benzene rings is 2. The van der Waals surface area contributed by atoms with Crippen LogP contribution >= 0.6 is 0 Å². The fourth-order valence-corrected chi connectivity index (χ4v) is 5.63. The van der Waals surface area contributed by atoms with Crippen LogP contribution in [0.4, 0.5) is 0 Å². The maximum Gasteiger partial charge on any atom is 0.311 e. The molecule has 0 saturated carbocycles. The monoisotopic (exact) mass is 538 g/mol. The van der Waals surface area contributed by atoms with Crippen LogP contribution < -0.4 is 14.2 Å². The van der Waals surface area contributed by atoms with E-state index in [0.717, 1.165) is 55.6 Å². The highest BCUT2D eigenvalue weighted by Crippen LogP contribution is 2.48. The van der Waals surface area contributed by atoms with E-state index in [1.807, 2.05) is 54.3 Å². The summed E-state index contributed by atoms with van der Waals surface area (Å²) in [6.45, 7) is 8.87. The van der Waals surface area contributed by atoms with Crippen molar-refractivity contribution >= 4 is 11.9 Å². The third-order valence-electron chi connectivity index (χ3n) is 7.69. The van der Waals surface area contributed by atoms with Gasteiger partial charge in [-0.05, 0) is 55.2 Å². The van der Waals surface area contributed by atoms with Crippen LogP contribution in [-0.4, -0.2) is 68.4 Å². The SMILES string of the molecule is CCCCN(CCCC)C(=O)CN1C[C@H](c2ccc3c(c2)OCO3)[C@@H](C(=O)OCC)[C@@H]1c1ccc(OC)cc1. The number of unbranched alkanes of at least 4 members (excludes halogenated alkanes) is 2. The molecule has 2 aromatic carbocycles. The zero-order valence-electron chi connectivity index (χ0n) is 23.7. The minimum atomic E-state index is -0.494. The molecule has 0 unspecified atom stereocenters. The van der Waals surface area contributed by atoms with Crippen molar-refractivity contribution in [3.63, 3.8) is 0 Å². The van der Waals surface area contributed by atoms with Crippen LogP contribution in [0.2, 0.25) is 0 Å². The van der Waals surface area contributed by atoms with E-state index >= 15 is 0 Å². The number of hydrogen-bond acceptors (Lipinski definition) is 7. The Labute approximate surface area is 232 Å². The second-order valence-electron chi connectivity index (χ2n) is 10.2. The molecule has 0 bridgehead atoms. The molecule has 1 amide bonds. The van der Waals surface area contributed by atoms with E-state index in [0.29, 0.717) is 24.7 Å². The summed E-state index contributed by atoms with van der Waals surface area (Å²) in [5.74, 6) is 1.28. The van der Waals surface area contributed by atoms with E-state index in [1.54, 1.807) is 7.11 Å². The molecule has 2 aromatic rings. The van der Waals surface area contributed by atoms with Gasteiger partial charge in [0.25, 0.3) is 0 Å². The maximum absolute atomic E-state index is 13.7. The summed E-state index contributed by atoms with van der Waals surface area (Å²) in [6, 6.07) is 13.3. The number of methoxy groups -OCH3 is 1. The Balaban J connectivity index is 1.71. The second kappa shape index (κ2) is 13.7. The van der Waals surface area contributed by atoms with Gasteiger partial charge >= 0.3 is 5.97 Å². The van der Waals surface area contributed by atoms with Crippen LogP contribution in [0.1, 0.15) is 69.5 Å². The lowest BCUT2D eigenvalue weighted by atomic mass is 9.82. The summed E-state index contributed by atoms with van der Waals surface area (Å²) in [4.78, 5) is 31.4. The first kappa shape index (κ1) is 28.7. The Morgan fingerprint density at radius 2 is 1.62 bits per heavy atom. The molecule has 2 aliphatic rings. The molecule has 8 heteroatoms. The summed E-state index contributed by atoms with van der Waals surface area (Å²) < 4.78 is 22.2. The number of amides is 1. The molecule has 2 aliphatic heterocycles. The van der Waals surface area contributed by atoms with Crippen molar-refractivity contribution < 1.29 is 28.5 Å². The molecule has 0 aliphatic carbocycles. The average molecular weight is 539 g/mol. The van der Waals surface area contributed by atoms with Crippen LogP contribution in [0.3, 0.4) is 0 Å². The van der Waals surface area contributed by atoms with Crippen molar-refractivity contribution in [2.45, 2.75) is 58.4 Å². The first-order valence-electron chi connectivity index (χ1n) is 14.2. The quantitative estimate of drug-likeness (QED) is 0.326. The van der Waals surface area contributed by atoms with Gasteiger partial charge < -0.3 is 23.8 Å². The van der Waals surface area contributed by atoms with E-state index in [9.17, 15) is 9.59 Å². The summed E-state index contributed by atoms with van der Waals surface area (Å²) in [7, 11) is 1.63. The Morgan fingerprint density at radius 1 is 0.949 bits per heavy atom. The van der Waals surface area contributed by atoms with Crippen molar-refractivity contribution in [2.75, 3.05) is 46.7 Å². The number of rotatable bonds is 13. The molecule has 4 rings (SSSR count). The Hall–Kier alpha value is -3.26. The Kier molecular flexibility index (Phi) is 10.1. The molecule has 0 spiro atoms. The van der Waals surface area contributed by atoms with Crippen molar-refractivity contribution in [1.29, 1.82) is 0 Å². The van der Waals surface area contributed by atoms with Crippen molar-refractivity contribution in [1.82, 2.24) is 9.80 Å². The lowest BCUT2D eigenvalue weighted by Gasteiger charge is -2.30. The van der Waals surface area contributed by atoms with Gasteiger partial charge in [0, 0.05) is 31.6 Å². The van der Waals surface area contributed by atoms with Gasteiger partial charge in [-0.2, -0.15) is 0 Å². The largest absolute Gasteiger partial charge is 0.497 e. The van der Waals surface area contributed by atoms with Gasteiger partial charge in [-0.15, -0.1) is 0 Å². The number of fused-ring (bicyclic) bond motifs is 1. The molecule has 0 N–H and O–H groups in total. The van der Waals surface area contributed by atoms with E-state index in [4.69, 9.17) is 18.9 Å². The number of hydrogen-bond donors (Lipinski definition) is 0. The third kappa shape index (κ3) is 6.67. The molecular formula is C31H42N2O6. The van der Waals surface area contributed by atoms with E-state index in [2.05, 4.69) is 18.7 Å². The molecule has 2 heterocycles. The van der Waals surface area contributed by atoms with Gasteiger partial charge in [-0.25, -0.2) is 0 Å². The predicted octanol–water partition coefficient (Wildman–Crippen LogP) is 5.17. The minimum absolute atomic E-state index is 0.101. The van der Waals surface area contributed by atoms with Crippen molar-refractivity contribution in [3.05, 3.63) is 53.6 Å². The van der Waals surface area contributed by atoms with Gasteiger partial charge in [0.05, 0.1) is 26.2 Å². The normalized spacial score (nSPS) is 20.2. The molecule has 0 aromatic heterocycles. The van der Waals surface area contributed by atoms with Gasteiger partial charge in [-0.3, -0.25) is 14.5 Å². The number of esters is 1.